The van der Waals surface area contributed by atoms with Crippen LogP contribution in [-0.2, 0) is 10.0 Å². The second-order valence-corrected chi connectivity index (χ2v) is 6.71. The van der Waals surface area contributed by atoms with Crippen molar-refractivity contribution in [3.63, 3.8) is 0 Å². The molecule has 0 fully saturated rings. The summed E-state index contributed by atoms with van der Waals surface area (Å²) < 4.78 is 38.5. The van der Waals surface area contributed by atoms with Crippen LogP contribution in [0, 0.1) is 0 Å². The Balaban J connectivity index is 2.05. The molecule has 0 aliphatic carbocycles. The third kappa shape index (κ3) is 3.11. The van der Waals surface area contributed by atoms with E-state index in [4.69, 9.17) is 9.47 Å². The van der Waals surface area contributed by atoms with Crippen LogP contribution in [0.3, 0.4) is 0 Å². The standard InChI is InChI=1S/C17H16N2O4S/c1-22-14-8-13(9-15(10-14)23-2)19-24(20,21)17-5-3-4-12-11-18-7-6-16(12)17/h3-11,19H,1-2H3. The van der Waals surface area contributed by atoms with Crippen LogP contribution in [0.5, 0.6) is 11.5 Å². The Labute approximate surface area is 140 Å². The molecule has 0 unspecified atom stereocenters. The maximum absolute atomic E-state index is 12.8. The van der Waals surface area contributed by atoms with Crippen molar-refractivity contribution in [1.82, 2.24) is 4.98 Å². The first-order chi connectivity index (χ1) is 11.5. The van der Waals surface area contributed by atoms with Crippen LogP contribution in [0.15, 0.2) is 59.8 Å². The number of fused-ring (bicyclic) bond motifs is 1. The monoisotopic (exact) mass is 344 g/mol. The molecule has 1 N–H and O–H groups in total. The first-order valence-electron chi connectivity index (χ1n) is 7.12. The molecule has 0 bridgehead atoms. The van der Waals surface area contributed by atoms with Crippen LogP contribution in [0.1, 0.15) is 0 Å². The van der Waals surface area contributed by atoms with E-state index in [1.807, 2.05) is 6.07 Å². The van der Waals surface area contributed by atoms with Gasteiger partial charge in [0.1, 0.15) is 11.5 Å². The van der Waals surface area contributed by atoms with E-state index in [9.17, 15) is 8.42 Å². The second-order valence-electron chi connectivity index (χ2n) is 5.06. The van der Waals surface area contributed by atoms with E-state index in [-0.39, 0.29) is 4.90 Å². The van der Waals surface area contributed by atoms with Gasteiger partial charge in [-0.05, 0) is 12.1 Å². The fourth-order valence-electron chi connectivity index (χ4n) is 2.40. The smallest absolute Gasteiger partial charge is 0.262 e. The first-order valence-corrected chi connectivity index (χ1v) is 8.60. The van der Waals surface area contributed by atoms with Gasteiger partial charge in [0, 0.05) is 41.4 Å². The van der Waals surface area contributed by atoms with Crippen LogP contribution in [-0.4, -0.2) is 27.6 Å². The molecule has 3 rings (SSSR count). The van der Waals surface area contributed by atoms with Gasteiger partial charge in [-0.3, -0.25) is 9.71 Å². The predicted molar refractivity (Wildman–Crippen MR) is 92.1 cm³/mol. The number of hydrogen-bond donors (Lipinski definition) is 1. The number of rotatable bonds is 5. The van der Waals surface area contributed by atoms with Gasteiger partial charge in [0.2, 0.25) is 0 Å². The fourth-order valence-corrected chi connectivity index (χ4v) is 3.67. The van der Waals surface area contributed by atoms with E-state index in [0.717, 1.165) is 5.39 Å². The Morgan fingerprint density at radius 2 is 1.71 bits per heavy atom. The van der Waals surface area contributed by atoms with Crippen molar-refractivity contribution >= 4 is 26.5 Å². The molecule has 7 heteroatoms. The van der Waals surface area contributed by atoms with Crippen LogP contribution in [0.25, 0.3) is 10.8 Å². The minimum Gasteiger partial charge on any atom is -0.497 e. The number of aromatic nitrogens is 1. The van der Waals surface area contributed by atoms with Crippen molar-refractivity contribution in [2.24, 2.45) is 0 Å². The zero-order valence-electron chi connectivity index (χ0n) is 13.2. The molecule has 0 aliphatic heterocycles. The van der Waals surface area contributed by atoms with Gasteiger partial charge in [0.15, 0.2) is 0 Å². The van der Waals surface area contributed by atoms with Gasteiger partial charge in [-0.2, -0.15) is 0 Å². The summed E-state index contributed by atoms with van der Waals surface area (Å²) in [6, 6.07) is 11.6. The Hall–Kier alpha value is -2.80. The highest BCUT2D eigenvalue weighted by atomic mass is 32.2. The van der Waals surface area contributed by atoms with Gasteiger partial charge in [0.25, 0.3) is 10.0 Å². The molecule has 1 heterocycles. The summed E-state index contributed by atoms with van der Waals surface area (Å²) in [5.41, 5.74) is 0.359. The highest BCUT2D eigenvalue weighted by Gasteiger charge is 2.18. The van der Waals surface area contributed by atoms with E-state index < -0.39 is 10.0 Å². The fraction of sp³-hybridized carbons (Fsp3) is 0.118. The first kappa shape index (κ1) is 16.1. The second kappa shape index (κ2) is 6.37. The molecule has 0 saturated carbocycles. The van der Waals surface area contributed by atoms with Crippen LogP contribution in [0.2, 0.25) is 0 Å². The van der Waals surface area contributed by atoms with Gasteiger partial charge in [-0.25, -0.2) is 8.42 Å². The molecule has 6 nitrogen and oxygen atoms in total. The Bertz CT molecular complexity index is 959. The van der Waals surface area contributed by atoms with Crippen molar-refractivity contribution in [2.75, 3.05) is 18.9 Å². The number of nitrogens with zero attached hydrogens (tertiary/aromatic N) is 1. The van der Waals surface area contributed by atoms with Crippen LogP contribution >= 0.6 is 0 Å². The SMILES string of the molecule is COc1cc(NS(=O)(=O)c2cccc3cnccc23)cc(OC)c1. The van der Waals surface area contributed by atoms with Crippen molar-refractivity contribution in [3.8, 4) is 11.5 Å². The highest BCUT2D eigenvalue weighted by molar-refractivity contribution is 7.93. The number of ether oxygens (including phenoxy) is 2. The summed E-state index contributed by atoms with van der Waals surface area (Å²) >= 11 is 0. The summed E-state index contributed by atoms with van der Waals surface area (Å²) in [5, 5.41) is 1.36. The summed E-state index contributed by atoms with van der Waals surface area (Å²) in [4.78, 5) is 4.20. The molecule has 0 aliphatic rings. The molecule has 3 aromatic rings. The molecular formula is C17H16N2O4S. The predicted octanol–water partition coefficient (Wildman–Crippen LogP) is 3.05. The summed E-state index contributed by atoms with van der Waals surface area (Å²) in [6.45, 7) is 0. The number of methoxy groups -OCH3 is 2. The summed E-state index contributed by atoms with van der Waals surface area (Å²) in [5.74, 6) is 0.989. The largest absolute Gasteiger partial charge is 0.497 e. The lowest BCUT2D eigenvalue weighted by Crippen LogP contribution is -2.13. The van der Waals surface area contributed by atoms with E-state index >= 15 is 0 Å². The molecular weight excluding hydrogens is 328 g/mol. The van der Waals surface area contributed by atoms with Crippen LogP contribution in [0.4, 0.5) is 5.69 Å². The van der Waals surface area contributed by atoms with Gasteiger partial charge < -0.3 is 9.47 Å². The molecule has 0 radical (unpaired) electrons. The van der Waals surface area contributed by atoms with Crippen molar-refractivity contribution in [1.29, 1.82) is 0 Å². The Kier molecular flexibility index (Phi) is 4.26. The Morgan fingerprint density at radius 1 is 1.00 bits per heavy atom. The number of pyridine rings is 1. The lowest BCUT2D eigenvalue weighted by atomic mass is 10.2. The quantitative estimate of drug-likeness (QED) is 0.770. The molecule has 124 valence electrons. The van der Waals surface area contributed by atoms with Crippen molar-refractivity contribution in [2.45, 2.75) is 4.90 Å². The minimum absolute atomic E-state index is 0.184. The minimum atomic E-state index is -3.78. The summed E-state index contributed by atoms with van der Waals surface area (Å²) in [6.07, 6.45) is 3.19. The molecule has 0 spiro atoms. The number of benzene rings is 2. The maximum atomic E-state index is 12.8. The number of hydrogen-bond acceptors (Lipinski definition) is 5. The molecule has 0 amide bonds. The van der Waals surface area contributed by atoms with Crippen molar-refractivity contribution in [3.05, 3.63) is 54.9 Å². The molecule has 24 heavy (non-hydrogen) atoms. The van der Waals surface area contributed by atoms with E-state index in [0.29, 0.717) is 22.6 Å². The molecule has 2 aromatic carbocycles. The lowest BCUT2D eigenvalue weighted by molar-refractivity contribution is 0.395. The number of sulfonamides is 1. The van der Waals surface area contributed by atoms with Crippen molar-refractivity contribution < 1.29 is 17.9 Å². The van der Waals surface area contributed by atoms with E-state index in [2.05, 4.69) is 9.71 Å². The van der Waals surface area contributed by atoms with Gasteiger partial charge >= 0.3 is 0 Å². The van der Waals surface area contributed by atoms with Gasteiger partial charge in [-0.15, -0.1) is 0 Å². The summed E-state index contributed by atoms with van der Waals surface area (Å²) in [7, 11) is -0.769. The average Bonchev–Trinajstić information content (AvgIpc) is 2.60. The number of nitrogens with one attached hydrogen (secondary N) is 1. The van der Waals surface area contributed by atoms with E-state index in [1.54, 1.807) is 48.8 Å². The van der Waals surface area contributed by atoms with E-state index in [1.165, 1.54) is 14.2 Å². The third-order valence-electron chi connectivity index (χ3n) is 3.53. The Morgan fingerprint density at radius 3 is 2.38 bits per heavy atom. The average molecular weight is 344 g/mol. The lowest BCUT2D eigenvalue weighted by Gasteiger charge is -2.12. The normalized spacial score (nSPS) is 11.2. The van der Waals surface area contributed by atoms with Gasteiger partial charge in [0.05, 0.1) is 24.8 Å². The maximum Gasteiger partial charge on any atom is 0.262 e. The topological polar surface area (TPSA) is 77.5 Å². The molecule has 0 saturated heterocycles. The molecule has 1 aromatic heterocycles. The molecule has 0 atom stereocenters. The highest BCUT2D eigenvalue weighted by Crippen LogP contribution is 2.29. The zero-order chi connectivity index (χ0) is 17.2. The van der Waals surface area contributed by atoms with Gasteiger partial charge in [-0.1, -0.05) is 12.1 Å². The zero-order valence-corrected chi connectivity index (χ0v) is 14.0. The van der Waals surface area contributed by atoms with Crippen LogP contribution < -0.4 is 14.2 Å². The number of anilines is 1. The third-order valence-corrected chi connectivity index (χ3v) is 4.97.